The summed E-state index contributed by atoms with van der Waals surface area (Å²) in [5, 5.41) is 0.795. The van der Waals surface area contributed by atoms with E-state index in [4.69, 9.17) is 11.6 Å². The van der Waals surface area contributed by atoms with Gasteiger partial charge in [0, 0.05) is 11.9 Å². The van der Waals surface area contributed by atoms with Crippen molar-refractivity contribution in [2.75, 3.05) is 0 Å². The van der Waals surface area contributed by atoms with Crippen LogP contribution in [-0.4, -0.2) is 4.57 Å². The van der Waals surface area contributed by atoms with Crippen molar-refractivity contribution in [3.8, 4) is 5.69 Å². The lowest BCUT2D eigenvalue weighted by molar-refractivity contribution is 0.783. The predicted octanol–water partition coefficient (Wildman–Crippen LogP) is 6.53. The minimum absolute atomic E-state index is 0.343. The number of halogens is 1. The standard InChI is InChI=1S/C23H16ClNS/c24-19-13-7-14-20-22(19)26-23(17-9-3-1-4-10-17,18-11-5-2-6-12-18)21-15-8-16-25(20)21/h1-16H. The molecule has 2 heterocycles. The molecule has 26 heavy (non-hydrogen) atoms. The Kier molecular flexibility index (Phi) is 3.70. The van der Waals surface area contributed by atoms with Crippen LogP contribution in [0, 0.1) is 0 Å². The summed E-state index contributed by atoms with van der Waals surface area (Å²) in [5.74, 6) is 0. The summed E-state index contributed by atoms with van der Waals surface area (Å²) >= 11 is 8.48. The monoisotopic (exact) mass is 373 g/mol. The van der Waals surface area contributed by atoms with Gasteiger partial charge in [-0.05, 0) is 35.4 Å². The predicted molar refractivity (Wildman–Crippen MR) is 109 cm³/mol. The molecule has 3 heteroatoms. The van der Waals surface area contributed by atoms with Gasteiger partial charge in [0.05, 0.1) is 15.6 Å². The molecule has 4 aromatic rings. The Bertz CT molecular complexity index is 1030. The van der Waals surface area contributed by atoms with Crippen molar-refractivity contribution in [2.45, 2.75) is 9.64 Å². The summed E-state index contributed by atoms with van der Waals surface area (Å²) in [6, 6.07) is 31.9. The Morgan fingerprint density at radius 3 is 2.00 bits per heavy atom. The summed E-state index contributed by atoms with van der Waals surface area (Å²) in [6.45, 7) is 0. The number of benzene rings is 3. The van der Waals surface area contributed by atoms with E-state index in [-0.39, 0.29) is 4.75 Å². The van der Waals surface area contributed by atoms with E-state index in [1.54, 1.807) is 0 Å². The topological polar surface area (TPSA) is 4.93 Å². The van der Waals surface area contributed by atoms with Crippen molar-refractivity contribution in [3.63, 3.8) is 0 Å². The number of hydrogen-bond donors (Lipinski definition) is 0. The number of nitrogens with zero attached hydrogens (tertiary/aromatic N) is 1. The molecule has 0 unspecified atom stereocenters. The summed E-state index contributed by atoms with van der Waals surface area (Å²) in [5.41, 5.74) is 4.89. The molecule has 1 nitrogen and oxygen atoms in total. The van der Waals surface area contributed by atoms with E-state index in [1.165, 1.54) is 16.8 Å². The smallest absolute Gasteiger partial charge is 0.111 e. The van der Waals surface area contributed by atoms with Gasteiger partial charge in [-0.25, -0.2) is 0 Å². The molecule has 5 rings (SSSR count). The molecule has 0 saturated heterocycles. The lowest BCUT2D eigenvalue weighted by atomic mass is 9.87. The fraction of sp³-hybridized carbons (Fsp3) is 0.0435. The van der Waals surface area contributed by atoms with Crippen LogP contribution < -0.4 is 0 Å². The van der Waals surface area contributed by atoms with Crippen molar-refractivity contribution in [1.29, 1.82) is 0 Å². The van der Waals surface area contributed by atoms with Gasteiger partial charge in [0.2, 0.25) is 0 Å². The van der Waals surface area contributed by atoms with Crippen molar-refractivity contribution >= 4 is 23.4 Å². The van der Waals surface area contributed by atoms with Gasteiger partial charge in [0.1, 0.15) is 4.75 Å². The molecule has 0 spiro atoms. The van der Waals surface area contributed by atoms with E-state index in [2.05, 4.69) is 89.6 Å². The Hall–Kier alpha value is -2.42. The summed E-state index contributed by atoms with van der Waals surface area (Å²) in [6.07, 6.45) is 2.13. The van der Waals surface area contributed by atoms with Crippen LogP contribution in [0.4, 0.5) is 0 Å². The molecule has 1 aromatic heterocycles. The Morgan fingerprint density at radius 1 is 0.692 bits per heavy atom. The van der Waals surface area contributed by atoms with Gasteiger partial charge in [-0.2, -0.15) is 0 Å². The van der Waals surface area contributed by atoms with Gasteiger partial charge in [-0.1, -0.05) is 90.1 Å². The highest BCUT2D eigenvalue weighted by molar-refractivity contribution is 8.01. The molecule has 0 fully saturated rings. The van der Waals surface area contributed by atoms with E-state index in [0.717, 1.165) is 15.6 Å². The van der Waals surface area contributed by atoms with Gasteiger partial charge in [0.25, 0.3) is 0 Å². The second-order valence-electron chi connectivity index (χ2n) is 6.37. The van der Waals surface area contributed by atoms with Crippen LogP contribution in [0.2, 0.25) is 5.02 Å². The first-order valence-electron chi connectivity index (χ1n) is 8.57. The number of thioether (sulfide) groups is 1. The average molecular weight is 374 g/mol. The van der Waals surface area contributed by atoms with Crippen LogP contribution in [0.25, 0.3) is 5.69 Å². The molecular weight excluding hydrogens is 358 g/mol. The normalized spacial score (nSPS) is 14.5. The molecule has 0 N–H and O–H groups in total. The average Bonchev–Trinajstić information content (AvgIpc) is 3.20. The van der Waals surface area contributed by atoms with E-state index in [1.807, 2.05) is 23.9 Å². The lowest BCUT2D eigenvalue weighted by Crippen LogP contribution is -2.31. The summed E-state index contributed by atoms with van der Waals surface area (Å²) < 4.78 is 1.93. The number of hydrogen-bond acceptors (Lipinski definition) is 1. The fourth-order valence-corrected chi connectivity index (χ4v) is 5.60. The largest absolute Gasteiger partial charge is 0.318 e. The summed E-state index contributed by atoms with van der Waals surface area (Å²) in [4.78, 5) is 1.12. The molecule has 0 saturated carbocycles. The van der Waals surface area contributed by atoms with Crippen LogP contribution in [0.5, 0.6) is 0 Å². The minimum Gasteiger partial charge on any atom is -0.318 e. The third kappa shape index (κ3) is 2.19. The molecule has 0 amide bonds. The Balaban J connectivity index is 1.89. The van der Waals surface area contributed by atoms with Crippen LogP contribution in [0.15, 0.2) is 102 Å². The fourth-order valence-electron chi connectivity index (χ4n) is 3.80. The quantitative estimate of drug-likeness (QED) is 0.386. The maximum absolute atomic E-state index is 6.64. The first-order chi connectivity index (χ1) is 12.8. The molecule has 0 atom stereocenters. The van der Waals surface area contributed by atoms with E-state index < -0.39 is 0 Å². The first kappa shape index (κ1) is 15.8. The molecule has 0 aliphatic carbocycles. The molecule has 126 valence electrons. The van der Waals surface area contributed by atoms with Gasteiger partial charge in [-0.15, -0.1) is 0 Å². The molecule has 0 radical (unpaired) electrons. The number of rotatable bonds is 2. The molecular formula is C23H16ClNS. The van der Waals surface area contributed by atoms with Crippen molar-refractivity contribution in [3.05, 3.63) is 119 Å². The molecule has 1 aliphatic rings. The zero-order chi connectivity index (χ0) is 17.6. The Labute approximate surface area is 162 Å². The van der Waals surface area contributed by atoms with Crippen molar-refractivity contribution in [1.82, 2.24) is 4.57 Å². The second kappa shape index (κ2) is 6.08. The van der Waals surface area contributed by atoms with Crippen LogP contribution in [0.3, 0.4) is 0 Å². The third-order valence-corrected chi connectivity index (χ3v) is 6.98. The van der Waals surface area contributed by atoms with Gasteiger partial charge in [0.15, 0.2) is 0 Å². The summed E-state index contributed by atoms with van der Waals surface area (Å²) in [7, 11) is 0. The zero-order valence-corrected chi connectivity index (χ0v) is 15.5. The van der Waals surface area contributed by atoms with Crippen LogP contribution >= 0.6 is 23.4 Å². The first-order valence-corrected chi connectivity index (χ1v) is 9.77. The third-order valence-electron chi connectivity index (χ3n) is 4.93. The maximum Gasteiger partial charge on any atom is 0.111 e. The number of aromatic nitrogens is 1. The Morgan fingerprint density at radius 2 is 1.35 bits per heavy atom. The second-order valence-corrected chi connectivity index (χ2v) is 8.00. The van der Waals surface area contributed by atoms with Gasteiger partial charge in [-0.3, -0.25) is 0 Å². The number of fused-ring (bicyclic) bond motifs is 3. The highest BCUT2D eigenvalue weighted by Crippen LogP contribution is 2.57. The SMILES string of the molecule is Clc1cccc2c1SC(c1ccccc1)(c1ccccc1)c1cccn1-2. The van der Waals surface area contributed by atoms with Crippen LogP contribution in [-0.2, 0) is 4.75 Å². The lowest BCUT2D eigenvalue weighted by Gasteiger charge is -2.40. The highest BCUT2D eigenvalue weighted by Gasteiger charge is 2.43. The van der Waals surface area contributed by atoms with Crippen molar-refractivity contribution < 1.29 is 0 Å². The minimum atomic E-state index is -0.343. The zero-order valence-electron chi connectivity index (χ0n) is 14.0. The van der Waals surface area contributed by atoms with Gasteiger partial charge >= 0.3 is 0 Å². The van der Waals surface area contributed by atoms with Crippen LogP contribution in [0.1, 0.15) is 16.8 Å². The van der Waals surface area contributed by atoms with E-state index in [0.29, 0.717) is 0 Å². The maximum atomic E-state index is 6.64. The van der Waals surface area contributed by atoms with E-state index in [9.17, 15) is 0 Å². The van der Waals surface area contributed by atoms with Gasteiger partial charge < -0.3 is 4.57 Å². The van der Waals surface area contributed by atoms with Crippen molar-refractivity contribution in [2.24, 2.45) is 0 Å². The highest BCUT2D eigenvalue weighted by atomic mass is 35.5. The molecule has 1 aliphatic heterocycles. The molecule has 0 bridgehead atoms. The molecule has 3 aromatic carbocycles. The van der Waals surface area contributed by atoms with E-state index >= 15 is 0 Å².